The third-order valence-corrected chi connectivity index (χ3v) is 5.04. The van der Waals surface area contributed by atoms with Crippen molar-refractivity contribution in [3.05, 3.63) is 0 Å². The van der Waals surface area contributed by atoms with E-state index in [0.717, 1.165) is 29.8 Å². The summed E-state index contributed by atoms with van der Waals surface area (Å²) in [5.74, 6) is 3.22. The van der Waals surface area contributed by atoms with E-state index < -0.39 is 0 Å². The molecule has 0 spiro atoms. The molecule has 3 saturated carbocycles. The van der Waals surface area contributed by atoms with Crippen LogP contribution in [0.5, 0.6) is 0 Å². The van der Waals surface area contributed by atoms with Crippen LogP contribution in [-0.2, 0) is 0 Å². The summed E-state index contributed by atoms with van der Waals surface area (Å²) < 4.78 is 0. The zero-order valence-corrected chi connectivity index (χ0v) is 9.34. The highest BCUT2D eigenvalue weighted by Crippen LogP contribution is 2.49. The largest absolute Gasteiger partial charge is 0.311 e. The number of fused-ring (bicyclic) bond motifs is 2. The predicted octanol–water partition coefficient (Wildman–Crippen LogP) is 2.95. The fourth-order valence-corrected chi connectivity index (χ4v) is 3.98. The van der Waals surface area contributed by atoms with Crippen molar-refractivity contribution in [2.24, 2.45) is 17.8 Å². The second-order valence-electron chi connectivity index (χ2n) is 5.92. The van der Waals surface area contributed by atoms with E-state index in [1.807, 2.05) is 0 Å². The Hall–Kier alpha value is -0.0400. The van der Waals surface area contributed by atoms with Crippen LogP contribution in [0.15, 0.2) is 0 Å². The van der Waals surface area contributed by atoms with Gasteiger partial charge in [0, 0.05) is 12.1 Å². The van der Waals surface area contributed by atoms with Gasteiger partial charge in [-0.05, 0) is 56.8 Å². The molecular formula is C13H23N. The summed E-state index contributed by atoms with van der Waals surface area (Å²) in [4.78, 5) is 0. The maximum absolute atomic E-state index is 3.84. The lowest BCUT2D eigenvalue weighted by Crippen LogP contribution is -2.45. The van der Waals surface area contributed by atoms with Crippen LogP contribution in [0.25, 0.3) is 0 Å². The van der Waals surface area contributed by atoms with Gasteiger partial charge in [-0.15, -0.1) is 0 Å². The van der Waals surface area contributed by atoms with E-state index in [1.165, 1.54) is 38.5 Å². The maximum Gasteiger partial charge on any atom is 0.00723 e. The van der Waals surface area contributed by atoms with Crippen molar-refractivity contribution in [3.63, 3.8) is 0 Å². The summed E-state index contributed by atoms with van der Waals surface area (Å²) in [6.45, 7) is 2.43. The van der Waals surface area contributed by atoms with Gasteiger partial charge in [-0.1, -0.05) is 12.8 Å². The lowest BCUT2D eigenvalue weighted by atomic mass is 9.82. The summed E-state index contributed by atoms with van der Waals surface area (Å²) in [6, 6.07) is 1.68. The molecule has 3 aliphatic rings. The Morgan fingerprint density at radius 2 is 1.93 bits per heavy atom. The summed E-state index contributed by atoms with van der Waals surface area (Å²) >= 11 is 0. The van der Waals surface area contributed by atoms with Gasteiger partial charge < -0.3 is 5.32 Å². The van der Waals surface area contributed by atoms with Crippen LogP contribution in [0.2, 0.25) is 0 Å². The number of hydrogen-bond acceptors (Lipinski definition) is 1. The molecule has 0 heterocycles. The molecule has 0 saturated heterocycles. The Labute approximate surface area is 87.7 Å². The van der Waals surface area contributed by atoms with E-state index in [2.05, 4.69) is 12.2 Å². The molecule has 0 unspecified atom stereocenters. The van der Waals surface area contributed by atoms with Gasteiger partial charge in [-0.25, -0.2) is 0 Å². The molecular weight excluding hydrogens is 170 g/mol. The molecule has 4 atom stereocenters. The molecule has 1 nitrogen and oxygen atoms in total. The first-order valence-corrected chi connectivity index (χ1v) is 6.59. The minimum Gasteiger partial charge on any atom is -0.311 e. The van der Waals surface area contributed by atoms with E-state index >= 15 is 0 Å². The van der Waals surface area contributed by atoms with Crippen LogP contribution in [-0.4, -0.2) is 12.1 Å². The molecule has 3 rings (SSSR count). The van der Waals surface area contributed by atoms with E-state index in [9.17, 15) is 0 Å². The van der Waals surface area contributed by atoms with Crippen LogP contribution in [0.3, 0.4) is 0 Å². The number of hydrogen-bond donors (Lipinski definition) is 1. The minimum absolute atomic E-state index is 0.801. The van der Waals surface area contributed by atoms with Crippen LogP contribution in [0.1, 0.15) is 51.9 Å². The highest BCUT2D eigenvalue weighted by Gasteiger charge is 2.42. The molecule has 0 aromatic heterocycles. The van der Waals surface area contributed by atoms with Crippen molar-refractivity contribution in [3.8, 4) is 0 Å². The predicted molar refractivity (Wildman–Crippen MR) is 59.2 cm³/mol. The van der Waals surface area contributed by atoms with Gasteiger partial charge in [-0.3, -0.25) is 0 Å². The van der Waals surface area contributed by atoms with Crippen LogP contribution < -0.4 is 5.32 Å². The summed E-state index contributed by atoms with van der Waals surface area (Å²) in [5.41, 5.74) is 0. The fraction of sp³-hybridized carbons (Fsp3) is 1.00. The van der Waals surface area contributed by atoms with Gasteiger partial charge in [0.1, 0.15) is 0 Å². The van der Waals surface area contributed by atoms with Crippen LogP contribution >= 0.6 is 0 Å². The molecule has 14 heavy (non-hydrogen) atoms. The quantitative estimate of drug-likeness (QED) is 0.726. The molecule has 3 fully saturated rings. The average molecular weight is 193 g/mol. The maximum atomic E-state index is 3.84. The summed E-state index contributed by atoms with van der Waals surface area (Å²) in [5, 5.41) is 3.84. The minimum atomic E-state index is 0.801. The molecule has 0 amide bonds. The topological polar surface area (TPSA) is 12.0 Å². The van der Waals surface area contributed by atoms with Gasteiger partial charge in [0.2, 0.25) is 0 Å². The van der Waals surface area contributed by atoms with Gasteiger partial charge in [0.25, 0.3) is 0 Å². The van der Waals surface area contributed by atoms with Crippen LogP contribution in [0, 0.1) is 17.8 Å². The number of nitrogens with one attached hydrogen (secondary N) is 1. The van der Waals surface area contributed by atoms with Gasteiger partial charge in [0.15, 0.2) is 0 Å². The second-order valence-corrected chi connectivity index (χ2v) is 5.92. The lowest BCUT2D eigenvalue weighted by Gasteiger charge is -2.35. The van der Waals surface area contributed by atoms with Crippen molar-refractivity contribution >= 4 is 0 Å². The third kappa shape index (κ3) is 1.50. The average Bonchev–Trinajstić information content (AvgIpc) is 2.71. The normalized spacial score (nSPS) is 43.9. The first kappa shape index (κ1) is 9.21. The molecule has 0 radical (unpaired) electrons. The van der Waals surface area contributed by atoms with Crippen LogP contribution in [0.4, 0.5) is 0 Å². The Balaban J connectivity index is 1.54. The Kier molecular flexibility index (Phi) is 2.31. The fourth-order valence-electron chi connectivity index (χ4n) is 3.98. The molecule has 0 aromatic rings. The van der Waals surface area contributed by atoms with Gasteiger partial charge in [-0.2, -0.15) is 0 Å². The van der Waals surface area contributed by atoms with Gasteiger partial charge >= 0.3 is 0 Å². The lowest BCUT2D eigenvalue weighted by molar-refractivity contribution is 0.214. The Morgan fingerprint density at radius 3 is 2.43 bits per heavy atom. The first-order chi connectivity index (χ1) is 6.83. The molecule has 0 aromatic carbocycles. The second kappa shape index (κ2) is 3.52. The Bertz CT molecular complexity index is 209. The van der Waals surface area contributed by atoms with E-state index in [0.29, 0.717) is 0 Å². The zero-order chi connectivity index (χ0) is 9.54. The van der Waals surface area contributed by atoms with Crippen molar-refractivity contribution in [1.82, 2.24) is 5.32 Å². The molecule has 3 aliphatic carbocycles. The standard InChI is InChI=1S/C13H23N/c1-9(14-12-3-2-4-12)13-8-10-5-6-11(13)7-10/h9-14H,2-8H2,1H3/t9-,10+,11+,13-/m1/s1. The van der Waals surface area contributed by atoms with E-state index in [1.54, 1.807) is 6.42 Å². The monoisotopic (exact) mass is 193 g/mol. The van der Waals surface area contributed by atoms with Crippen molar-refractivity contribution < 1.29 is 0 Å². The van der Waals surface area contributed by atoms with E-state index in [4.69, 9.17) is 0 Å². The zero-order valence-electron chi connectivity index (χ0n) is 9.34. The third-order valence-electron chi connectivity index (χ3n) is 5.04. The molecule has 1 N–H and O–H groups in total. The van der Waals surface area contributed by atoms with Gasteiger partial charge in [0.05, 0.1) is 0 Å². The smallest absolute Gasteiger partial charge is 0.00723 e. The molecule has 0 aliphatic heterocycles. The molecule has 80 valence electrons. The molecule has 1 heteroatoms. The Morgan fingerprint density at radius 1 is 1.07 bits per heavy atom. The highest BCUT2D eigenvalue weighted by atomic mass is 15.0. The first-order valence-electron chi connectivity index (χ1n) is 6.59. The SMILES string of the molecule is C[C@@H](NC1CCC1)[C@H]1C[C@H]2CC[C@H]1C2. The highest BCUT2D eigenvalue weighted by molar-refractivity contribution is 4.95. The molecule has 2 bridgehead atoms. The number of rotatable bonds is 3. The summed E-state index contributed by atoms with van der Waals surface area (Å²) in [6.07, 6.45) is 10.5. The van der Waals surface area contributed by atoms with Crippen molar-refractivity contribution in [2.75, 3.05) is 0 Å². The van der Waals surface area contributed by atoms with Crippen molar-refractivity contribution in [2.45, 2.75) is 64.0 Å². The van der Waals surface area contributed by atoms with E-state index in [-0.39, 0.29) is 0 Å². The summed E-state index contributed by atoms with van der Waals surface area (Å²) in [7, 11) is 0. The van der Waals surface area contributed by atoms with Crippen molar-refractivity contribution in [1.29, 1.82) is 0 Å².